The number of rotatable bonds is 4. The summed E-state index contributed by atoms with van der Waals surface area (Å²) >= 11 is 0. The molecule has 0 atom stereocenters. The highest BCUT2D eigenvalue weighted by Crippen LogP contribution is 2.33. The van der Waals surface area contributed by atoms with E-state index in [2.05, 4.69) is 4.13 Å². The Morgan fingerprint density at radius 3 is 1.04 bits per heavy atom. The van der Waals surface area contributed by atoms with E-state index in [0.717, 1.165) is 0 Å². The summed E-state index contributed by atoms with van der Waals surface area (Å²) in [7, 11) is -9.84. The standard InChI is InChI=1S/C14H8F6NO4S2/c15-13(16,17)9-1-5-11(6-2-9)26(22,23)21-27(24,25)12-7-3-10(4-8-12)14(18,19)20/h1-8H/q-1. The van der Waals surface area contributed by atoms with Gasteiger partial charge in [0.05, 0.1) is 11.1 Å². The lowest BCUT2D eigenvalue weighted by atomic mass is 10.2. The predicted molar refractivity (Wildman–Crippen MR) is 80.6 cm³/mol. The average molecular weight is 432 g/mol. The summed E-state index contributed by atoms with van der Waals surface area (Å²) in [6, 6.07) is 3.77. The second-order valence-electron chi connectivity index (χ2n) is 5.07. The van der Waals surface area contributed by atoms with Crippen LogP contribution < -0.4 is 0 Å². The van der Waals surface area contributed by atoms with Gasteiger partial charge in [-0.2, -0.15) is 26.3 Å². The number of nitrogens with zero attached hydrogens (tertiary/aromatic N) is 1. The molecular weight excluding hydrogens is 424 g/mol. The first kappa shape index (κ1) is 21.2. The molecule has 27 heavy (non-hydrogen) atoms. The van der Waals surface area contributed by atoms with E-state index >= 15 is 0 Å². The lowest BCUT2D eigenvalue weighted by molar-refractivity contribution is -0.138. The minimum absolute atomic E-state index is 0.424. The predicted octanol–water partition coefficient (Wildman–Crippen LogP) is 4.18. The van der Waals surface area contributed by atoms with Gasteiger partial charge < -0.3 is 4.13 Å². The highest BCUT2D eigenvalue weighted by Gasteiger charge is 2.31. The molecule has 0 aliphatic heterocycles. The number of sulfonamides is 2. The molecule has 0 heterocycles. The molecule has 5 nitrogen and oxygen atoms in total. The third-order valence-corrected chi connectivity index (χ3v) is 6.46. The molecular formula is C14H8F6NO4S2-. The van der Waals surface area contributed by atoms with Crippen LogP contribution in [0.15, 0.2) is 58.3 Å². The van der Waals surface area contributed by atoms with Crippen LogP contribution in [0.2, 0.25) is 0 Å². The first-order chi connectivity index (χ1) is 12.1. The Balaban J connectivity index is 2.30. The van der Waals surface area contributed by atoms with Gasteiger partial charge in [-0.15, -0.1) is 0 Å². The zero-order chi connectivity index (χ0) is 20.7. The van der Waals surface area contributed by atoms with Crippen molar-refractivity contribution in [3.05, 3.63) is 63.8 Å². The fourth-order valence-electron chi connectivity index (χ4n) is 1.85. The second kappa shape index (κ2) is 6.80. The smallest absolute Gasteiger partial charge is 0.416 e. The second-order valence-corrected chi connectivity index (χ2v) is 8.51. The highest BCUT2D eigenvalue weighted by atomic mass is 32.3. The minimum atomic E-state index is -4.92. The molecule has 0 unspecified atom stereocenters. The van der Waals surface area contributed by atoms with Crippen molar-refractivity contribution < 1.29 is 43.2 Å². The fraction of sp³-hybridized carbons (Fsp3) is 0.143. The normalized spacial score (nSPS) is 13.6. The molecule has 0 amide bonds. The van der Waals surface area contributed by atoms with Gasteiger partial charge in [-0.25, -0.2) is 16.8 Å². The summed E-state index contributed by atoms with van der Waals surface area (Å²) in [5.74, 6) is 0. The van der Waals surface area contributed by atoms with Gasteiger partial charge in [0, 0.05) is 9.79 Å². The third-order valence-electron chi connectivity index (χ3n) is 3.16. The lowest BCUT2D eigenvalue weighted by Crippen LogP contribution is -2.10. The Hall–Kier alpha value is -2.12. The monoisotopic (exact) mass is 432 g/mol. The number of hydrogen-bond donors (Lipinski definition) is 0. The molecule has 0 spiro atoms. The van der Waals surface area contributed by atoms with Gasteiger partial charge >= 0.3 is 12.4 Å². The fourth-order valence-corrected chi connectivity index (χ4v) is 4.53. The summed E-state index contributed by atoms with van der Waals surface area (Å²) in [5.41, 5.74) is -2.32. The van der Waals surface area contributed by atoms with E-state index in [1.54, 1.807) is 0 Å². The van der Waals surface area contributed by atoms with E-state index in [4.69, 9.17) is 0 Å². The van der Waals surface area contributed by atoms with Crippen LogP contribution in [0.25, 0.3) is 4.13 Å². The number of hydrogen-bond acceptors (Lipinski definition) is 4. The quantitative estimate of drug-likeness (QED) is 0.679. The molecule has 0 fully saturated rings. The van der Waals surface area contributed by atoms with E-state index in [1.807, 2.05) is 0 Å². The van der Waals surface area contributed by atoms with Crippen molar-refractivity contribution in [3.8, 4) is 0 Å². The molecule has 0 N–H and O–H groups in total. The molecule has 2 aromatic carbocycles. The Bertz CT molecular complexity index is 940. The van der Waals surface area contributed by atoms with Crippen molar-refractivity contribution in [1.82, 2.24) is 0 Å². The van der Waals surface area contributed by atoms with Gasteiger partial charge in [0.1, 0.15) is 20.0 Å². The number of halogens is 6. The van der Waals surface area contributed by atoms with Crippen molar-refractivity contribution in [2.75, 3.05) is 0 Å². The van der Waals surface area contributed by atoms with E-state index < -0.39 is 53.3 Å². The first-order valence-corrected chi connectivity index (χ1v) is 9.60. The van der Waals surface area contributed by atoms with Crippen LogP contribution in [-0.4, -0.2) is 16.8 Å². The molecule has 0 saturated carbocycles. The largest absolute Gasteiger partial charge is 0.428 e. The molecule has 0 aliphatic carbocycles. The maximum atomic E-state index is 12.5. The molecule has 0 aromatic heterocycles. The Kier molecular flexibility index (Phi) is 5.33. The van der Waals surface area contributed by atoms with Gasteiger partial charge in [-0.1, -0.05) is 0 Å². The van der Waals surface area contributed by atoms with Crippen molar-refractivity contribution in [2.45, 2.75) is 22.1 Å². The SMILES string of the molecule is O=S(=O)([N-]S(=O)(=O)c1ccc(C(F)(F)F)cc1)c1ccc(C(F)(F)F)cc1. The Morgan fingerprint density at radius 2 is 0.815 bits per heavy atom. The van der Waals surface area contributed by atoms with Crippen LogP contribution in [0.3, 0.4) is 0 Å². The number of alkyl halides is 6. The zero-order valence-corrected chi connectivity index (χ0v) is 14.4. The molecule has 13 heteroatoms. The molecule has 2 rings (SSSR count). The summed E-state index contributed by atoms with van der Waals surface area (Å²) < 4.78 is 126. The minimum Gasteiger partial charge on any atom is -0.428 e. The van der Waals surface area contributed by atoms with Gasteiger partial charge in [-0.3, -0.25) is 0 Å². The molecule has 2 aromatic rings. The maximum Gasteiger partial charge on any atom is 0.416 e. The summed E-state index contributed by atoms with van der Waals surface area (Å²) in [4.78, 5) is -1.66. The van der Waals surface area contributed by atoms with Crippen molar-refractivity contribution in [3.63, 3.8) is 0 Å². The van der Waals surface area contributed by atoms with Crippen LogP contribution in [0.5, 0.6) is 0 Å². The van der Waals surface area contributed by atoms with Gasteiger partial charge in [0.2, 0.25) is 0 Å². The van der Waals surface area contributed by atoms with Crippen molar-refractivity contribution in [1.29, 1.82) is 0 Å². The van der Waals surface area contributed by atoms with E-state index in [-0.39, 0.29) is 0 Å². The molecule has 0 saturated heterocycles. The van der Waals surface area contributed by atoms with Crippen LogP contribution in [0.1, 0.15) is 11.1 Å². The Labute approximate surface area is 149 Å². The average Bonchev–Trinajstić information content (AvgIpc) is 2.52. The molecule has 0 aliphatic rings. The van der Waals surface area contributed by atoms with Crippen LogP contribution in [0, 0.1) is 0 Å². The van der Waals surface area contributed by atoms with Crippen LogP contribution in [-0.2, 0) is 32.4 Å². The van der Waals surface area contributed by atoms with Crippen molar-refractivity contribution in [2.24, 2.45) is 0 Å². The molecule has 0 radical (unpaired) electrons. The van der Waals surface area contributed by atoms with Crippen LogP contribution in [0.4, 0.5) is 26.3 Å². The van der Waals surface area contributed by atoms with Gasteiger partial charge in [0.25, 0.3) is 0 Å². The summed E-state index contributed by atoms with van der Waals surface area (Å²) in [6.07, 6.45) is -9.46. The molecule has 148 valence electrons. The molecule has 0 bridgehead atoms. The lowest BCUT2D eigenvalue weighted by Gasteiger charge is -2.21. The zero-order valence-electron chi connectivity index (χ0n) is 12.8. The third kappa shape index (κ3) is 4.99. The van der Waals surface area contributed by atoms with Crippen LogP contribution >= 0.6 is 0 Å². The highest BCUT2D eigenvalue weighted by molar-refractivity contribution is 8.12. The van der Waals surface area contributed by atoms with E-state index in [1.165, 1.54) is 0 Å². The maximum absolute atomic E-state index is 12.5. The summed E-state index contributed by atoms with van der Waals surface area (Å²) in [6.45, 7) is 0. The Morgan fingerprint density at radius 1 is 0.556 bits per heavy atom. The first-order valence-electron chi connectivity index (χ1n) is 6.72. The van der Waals surface area contributed by atoms with Crippen molar-refractivity contribution >= 4 is 20.0 Å². The van der Waals surface area contributed by atoms with Gasteiger partial charge in [0.15, 0.2) is 0 Å². The summed E-state index contributed by atoms with van der Waals surface area (Å²) in [5, 5.41) is 0. The van der Waals surface area contributed by atoms with E-state index in [9.17, 15) is 43.2 Å². The number of benzene rings is 2. The van der Waals surface area contributed by atoms with Gasteiger partial charge in [-0.05, 0) is 48.5 Å². The van der Waals surface area contributed by atoms with E-state index in [0.29, 0.717) is 48.5 Å². The topological polar surface area (TPSA) is 82.4 Å².